The van der Waals surface area contributed by atoms with E-state index in [1.54, 1.807) is 0 Å². The average molecular weight is 123 g/mol. The quantitative estimate of drug-likeness (QED) is 0.463. The Hall–Kier alpha value is -1.59. The van der Waals surface area contributed by atoms with Crippen LogP contribution in [-0.2, 0) is 0 Å². The first kappa shape index (κ1) is 4.30. The summed E-state index contributed by atoms with van der Waals surface area (Å²) in [5.41, 5.74) is 0.519. The second-order valence-electron chi connectivity index (χ2n) is 1.40. The molecule has 2 rings (SSSR count). The van der Waals surface area contributed by atoms with E-state index in [1.165, 1.54) is 6.20 Å². The van der Waals surface area contributed by atoms with Crippen LogP contribution in [0, 0.1) is 0 Å². The van der Waals surface area contributed by atoms with E-state index in [0.29, 0.717) is 11.6 Å². The first-order chi connectivity index (χ1) is 4.47. The molecule has 2 heterocycles. The molecular formula is C3HN5O. The van der Waals surface area contributed by atoms with E-state index in [2.05, 4.69) is 30.3 Å². The first-order valence-electron chi connectivity index (χ1n) is 2.23. The van der Waals surface area contributed by atoms with Gasteiger partial charge in [-0.25, -0.2) is 0 Å². The molecule has 0 spiro atoms. The molecule has 9 heavy (non-hydrogen) atoms. The van der Waals surface area contributed by atoms with Crippen molar-refractivity contribution in [2.45, 2.75) is 0 Å². The molecule has 0 aromatic rings. The number of aromatic nitrogens is 5. The average Bonchev–Trinajstić information content (AvgIpc) is 2.33. The van der Waals surface area contributed by atoms with Gasteiger partial charge in [0.1, 0.15) is 0 Å². The third kappa shape index (κ3) is 0.525. The second-order valence-corrected chi connectivity index (χ2v) is 1.40. The van der Waals surface area contributed by atoms with E-state index in [1.807, 2.05) is 0 Å². The van der Waals surface area contributed by atoms with Crippen LogP contribution >= 0.6 is 0 Å². The van der Waals surface area contributed by atoms with Crippen LogP contribution in [0.3, 0.4) is 0 Å². The van der Waals surface area contributed by atoms with E-state index in [0.717, 1.165) is 0 Å². The van der Waals surface area contributed by atoms with Gasteiger partial charge in [0.15, 0.2) is 5.69 Å². The highest BCUT2D eigenvalue weighted by molar-refractivity contribution is 5.42. The van der Waals surface area contributed by atoms with Gasteiger partial charge in [-0.05, 0) is 5.21 Å². The molecule has 0 radical (unpaired) electrons. The summed E-state index contributed by atoms with van der Waals surface area (Å²) in [6.45, 7) is 0. The minimum absolute atomic E-state index is 0.310. The summed E-state index contributed by atoms with van der Waals surface area (Å²) in [5.74, 6) is 0.310. The van der Waals surface area contributed by atoms with Crippen molar-refractivity contribution in [3.05, 3.63) is 6.20 Å². The summed E-state index contributed by atoms with van der Waals surface area (Å²) < 4.78 is 4.55. The maximum Gasteiger partial charge on any atom is 0.300 e. The van der Waals surface area contributed by atoms with Crippen LogP contribution < -0.4 is 0 Å². The van der Waals surface area contributed by atoms with Gasteiger partial charge in [0, 0.05) is 5.27 Å². The van der Waals surface area contributed by atoms with E-state index >= 15 is 0 Å². The van der Waals surface area contributed by atoms with Gasteiger partial charge in [-0.15, -0.1) is 10.2 Å². The molecule has 0 atom stereocenters. The molecule has 0 aromatic carbocycles. The molecule has 6 nitrogen and oxygen atoms in total. The predicted molar refractivity (Wildman–Crippen MR) is 24.3 cm³/mol. The fourth-order valence-corrected chi connectivity index (χ4v) is 0.492. The molecule has 44 valence electrons. The lowest BCUT2D eigenvalue weighted by Crippen LogP contribution is -1.83. The lowest BCUT2D eigenvalue weighted by atomic mass is 10.5. The number of hydrogen-bond donors (Lipinski definition) is 0. The summed E-state index contributed by atoms with van der Waals surface area (Å²) in [6.07, 6.45) is 1.43. The summed E-state index contributed by atoms with van der Waals surface area (Å²) in [4.78, 5) is 0. The van der Waals surface area contributed by atoms with Crippen molar-refractivity contribution in [3.8, 4) is 11.6 Å². The first-order valence-corrected chi connectivity index (χ1v) is 2.23. The largest absolute Gasteiger partial charge is 0.314 e. The van der Waals surface area contributed by atoms with Crippen molar-refractivity contribution in [2.75, 3.05) is 0 Å². The Morgan fingerprint density at radius 2 is 2.33 bits per heavy atom. The Bertz CT molecular complexity index is 252. The molecule has 0 unspecified atom stereocenters. The molecule has 0 saturated heterocycles. The molecule has 0 aliphatic carbocycles. The van der Waals surface area contributed by atoms with Crippen LogP contribution in [0.1, 0.15) is 0 Å². The fraction of sp³-hybridized carbons (Fsp3) is 0. The monoisotopic (exact) mass is 123 g/mol. The summed E-state index contributed by atoms with van der Waals surface area (Å²) >= 11 is 0. The van der Waals surface area contributed by atoms with Crippen LogP contribution in [0.25, 0.3) is 11.6 Å². The SMILES string of the molecule is c1nnoc2nnnc1-2. The van der Waals surface area contributed by atoms with Gasteiger partial charge in [-0.2, -0.15) is 0 Å². The molecular weight excluding hydrogens is 122 g/mol. The highest BCUT2D eigenvalue weighted by Crippen LogP contribution is 2.08. The Balaban J connectivity index is 2.79. The topological polar surface area (TPSA) is 77.6 Å². The van der Waals surface area contributed by atoms with Crippen molar-refractivity contribution >= 4 is 0 Å². The van der Waals surface area contributed by atoms with Gasteiger partial charge in [-0.1, -0.05) is 5.10 Å². The third-order valence-corrected chi connectivity index (χ3v) is 0.862. The zero-order chi connectivity index (χ0) is 6.10. The lowest BCUT2D eigenvalue weighted by Gasteiger charge is -1.82. The zero-order valence-electron chi connectivity index (χ0n) is 4.22. The smallest absolute Gasteiger partial charge is 0.300 e. The molecule has 0 bridgehead atoms. The lowest BCUT2D eigenvalue weighted by molar-refractivity contribution is 0.361. The second kappa shape index (κ2) is 1.44. The van der Waals surface area contributed by atoms with Crippen molar-refractivity contribution in [1.82, 2.24) is 25.8 Å². The van der Waals surface area contributed by atoms with Gasteiger partial charge in [-0.3, -0.25) is 0 Å². The molecule has 0 aromatic heterocycles. The van der Waals surface area contributed by atoms with Crippen molar-refractivity contribution in [2.24, 2.45) is 0 Å². The third-order valence-electron chi connectivity index (χ3n) is 0.862. The van der Waals surface area contributed by atoms with Gasteiger partial charge in [0.2, 0.25) is 0 Å². The Morgan fingerprint density at radius 1 is 1.33 bits per heavy atom. The van der Waals surface area contributed by atoms with Crippen LogP contribution in [0.2, 0.25) is 0 Å². The van der Waals surface area contributed by atoms with Crippen molar-refractivity contribution in [3.63, 3.8) is 0 Å². The molecule has 2 aliphatic heterocycles. The molecule has 2 aliphatic rings. The minimum atomic E-state index is 0.310. The Morgan fingerprint density at radius 3 is 3.22 bits per heavy atom. The number of rotatable bonds is 0. The van der Waals surface area contributed by atoms with Crippen LogP contribution in [-0.4, -0.2) is 25.8 Å². The Labute approximate surface area is 49.2 Å². The van der Waals surface area contributed by atoms with Gasteiger partial charge >= 0.3 is 0 Å². The number of hydrogen-bond acceptors (Lipinski definition) is 6. The van der Waals surface area contributed by atoms with Gasteiger partial charge in [0.05, 0.1) is 6.20 Å². The summed E-state index contributed by atoms with van der Waals surface area (Å²) in [7, 11) is 0. The maximum absolute atomic E-state index is 4.55. The van der Waals surface area contributed by atoms with E-state index in [9.17, 15) is 0 Å². The van der Waals surface area contributed by atoms with Crippen LogP contribution in [0.15, 0.2) is 10.7 Å². The van der Waals surface area contributed by atoms with Crippen LogP contribution in [0.4, 0.5) is 0 Å². The molecule has 0 amide bonds. The van der Waals surface area contributed by atoms with Crippen molar-refractivity contribution in [1.29, 1.82) is 0 Å². The standard InChI is InChI=1S/C3HN5O/c1-2-3(6-7-5-2)9-8-4-1/h1H. The zero-order valence-corrected chi connectivity index (χ0v) is 4.22. The molecule has 6 heteroatoms. The maximum atomic E-state index is 4.55. The number of fused-ring (bicyclic) bond motifs is 1. The normalized spacial score (nSPS) is 10.2. The van der Waals surface area contributed by atoms with Crippen LogP contribution in [0.5, 0.6) is 0 Å². The summed E-state index contributed by atoms with van der Waals surface area (Å²) in [6, 6.07) is 0. The molecule has 0 N–H and O–H groups in total. The van der Waals surface area contributed by atoms with E-state index in [-0.39, 0.29) is 0 Å². The fourth-order valence-electron chi connectivity index (χ4n) is 0.492. The van der Waals surface area contributed by atoms with Gasteiger partial charge in [0.25, 0.3) is 5.89 Å². The number of nitrogens with zero attached hydrogens (tertiary/aromatic N) is 5. The van der Waals surface area contributed by atoms with E-state index < -0.39 is 0 Å². The highest BCUT2D eigenvalue weighted by atomic mass is 16.5. The molecule has 0 fully saturated rings. The highest BCUT2D eigenvalue weighted by Gasteiger charge is 2.08. The van der Waals surface area contributed by atoms with Gasteiger partial charge < -0.3 is 4.52 Å². The van der Waals surface area contributed by atoms with E-state index in [4.69, 9.17) is 0 Å². The minimum Gasteiger partial charge on any atom is -0.314 e. The summed E-state index contributed by atoms with van der Waals surface area (Å²) in [5, 5.41) is 17.0. The Kier molecular flexibility index (Phi) is 0.689. The van der Waals surface area contributed by atoms with Crippen molar-refractivity contribution < 1.29 is 4.52 Å². The predicted octanol–water partition coefficient (Wildman–Crippen LogP) is -0.641. The molecule has 0 saturated carbocycles.